The van der Waals surface area contributed by atoms with Crippen LogP contribution in [0.25, 0.3) is 16.9 Å². The Balaban J connectivity index is 1.37. The van der Waals surface area contributed by atoms with Gasteiger partial charge in [-0.1, -0.05) is 30.3 Å². The van der Waals surface area contributed by atoms with E-state index in [1.807, 2.05) is 72.2 Å². The third kappa shape index (κ3) is 4.27. The van der Waals surface area contributed by atoms with Crippen molar-refractivity contribution >= 4 is 16.9 Å². The molecule has 0 aliphatic heterocycles. The summed E-state index contributed by atoms with van der Waals surface area (Å²) < 4.78 is 7.66. The molecule has 1 N–H and O–H groups in total. The summed E-state index contributed by atoms with van der Waals surface area (Å²) in [4.78, 5) is 21.2. The number of imidazole rings is 1. The van der Waals surface area contributed by atoms with Gasteiger partial charge in [0, 0.05) is 12.7 Å². The van der Waals surface area contributed by atoms with Gasteiger partial charge in [-0.2, -0.15) is 0 Å². The molecule has 146 valence electrons. The van der Waals surface area contributed by atoms with E-state index >= 15 is 0 Å². The highest BCUT2D eigenvalue weighted by Gasteiger charge is 2.14. The van der Waals surface area contributed by atoms with Gasteiger partial charge < -0.3 is 10.1 Å². The van der Waals surface area contributed by atoms with Gasteiger partial charge in [-0.05, 0) is 55.3 Å². The molecule has 0 radical (unpaired) electrons. The Labute approximate surface area is 169 Å². The number of hydrogen-bond donors (Lipinski definition) is 1. The number of benzene rings is 2. The van der Waals surface area contributed by atoms with Crippen molar-refractivity contribution in [2.75, 3.05) is 0 Å². The lowest BCUT2D eigenvalue weighted by Gasteiger charge is -2.15. The van der Waals surface area contributed by atoms with Crippen LogP contribution in [0, 0.1) is 6.92 Å². The minimum absolute atomic E-state index is 0.170. The number of fused-ring (bicyclic) bond motifs is 1. The highest BCUT2D eigenvalue weighted by Crippen LogP contribution is 2.17. The Hall–Kier alpha value is -3.67. The van der Waals surface area contributed by atoms with E-state index in [-0.39, 0.29) is 5.91 Å². The van der Waals surface area contributed by atoms with E-state index in [2.05, 4.69) is 15.3 Å². The molecule has 1 amide bonds. The van der Waals surface area contributed by atoms with Crippen LogP contribution in [0.1, 0.15) is 18.1 Å². The summed E-state index contributed by atoms with van der Waals surface area (Å²) in [7, 11) is 0. The van der Waals surface area contributed by atoms with Gasteiger partial charge in [-0.25, -0.2) is 9.97 Å². The summed E-state index contributed by atoms with van der Waals surface area (Å²) in [6, 6.07) is 19.4. The molecule has 2 aromatic heterocycles. The number of aromatic nitrogens is 3. The maximum atomic E-state index is 12.3. The van der Waals surface area contributed by atoms with Crippen molar-refractivity contribution in [2.45, 2.75) is 26.5 Å². The predicted octanol–water partition coefficient (Wildman–Crippen LogP) is 3.81. The number of ether oxygens (including phenoxy) is 1. The molecule has 1 atom stereocenters. The summed E-state index contributed by atoms with van der Waals surface area (Å²) in [5, 5.41) is 2.89. The SMILES string of the molecule is Cc1cccc(OC(C)C(=O)NCc2ccc(-n3cnc4ccccc43)nc2)c1. The molecule has 0 aliphatic rings. The van der Waals surface area contributed by atoms with Crippen LogP contribution in [0.4, 0.5) is 0 Å². The van der Waals surface area contributed by atoms with Crippen LogP contribution in [0.2, 0.25) is 0 Å². The standard InChI is InChI=1S/C23H22N4O2/c1-16-6-5-7-19(12-16)29-17(2)23(28)25-14-18-10-11-22(24-13-18)27-15-26-20-8-3-4-9-21(20)27/h3-13,15,17H,14H2,1-2H3,(H,25,28). The van der Waals surface area contributed by atoms with Crippen molar-refractivity contribution in [3.05, 3.63) is 84.3 Å². The number of nitrogens with one attached hydrogen (secondary N) is 1. The Morgan fingerprint density at radius 2 is 1.97 bits per heavy atom. The topological polar surface area (TPSA) is 69.0 Å². The van der Waals surface area contributed by atoms with Crippen molar-refractivity contribution in [3.63, 3.8) is 0 Å². The molecule has 0 saturated heterocycles. The van der Waals surface area contributed by atoms with E-state index in [0.717, 1.165) is 28.0 Å². The number of carbonyl (C=O) groups is 1. The minimum Gasteiger partial charge on any atom is -0.481 e. The van der Waals surface area contributed by atoms with Crippen molar-refractivity contribution in [2.24, 2.45) is 0 Å². The Bertz CT molecular complexity index is 1140. The van der Waals surface area contributed by atoms with Gasteiger partial charge in [0.05, 0.1) is 11.0 Å². The third-order valence-electron chi connectivity index (χ3n) is 4.65. The van der Waals surface area contributed by atoms with Gasteiger partial charge in [0.1, 0.15) is 17.9 Å². The molecular weight excluding hydrogens is 364 g/mol. The summed E-state index contributed by atoms with van der Waals surface area (Å²) in [5.41, 5.74) is 3.93. The van der Waals surface area contributed by atoms with Crippen LogP contribution in [0.15, 0.2) is 73.2 Å². The van der Waals surface area contributed by atoms with Crippen LogP contribution >= 0.6 is 0 Å². The molecule has 29 heavy (non-hydrogen) atoms. The molecule has 4 rings (SSSR count). The lowest BCUT2D eigenvalue weighted by molar-refractivity contribution is -0.127. The van der Waals surface area contributed by atoms with Crippen molar-refractivity contribution < 1.29 is 9.53 Å². The zero-order valence-corrected chi connectivity index (χ0v) is 16.4. The summed E-state index contributed by atoms with van der Waals surface area (Å²) >= 11 is 0. The Morgan fingerprint density at radius 3 is 2.76 bits per heavy atom. The molecule has 0 fully saturated rings. The number of nitrogens with zero attached hydrogens (tertiary/aromatic N) is 3. The van der Waals surface area contributed by atoms with E-state index < -0.39 is 6.10 Å². The zero-order valence-electron chi connectivity index (χ0n) is 16.4. The molecule has 0 saturated carbocycles. The van der Waals surface area contributed by atoms with Gasteiger partial charge in [0.15, 0.2) is 6.10 Å². The first-order valence-electron chi connectivity index (χ1n) is 9.48. The third-order valence-corrected chi connectivity index (χ3v) is 4.65. The number of para-hydroxylation sites is 2. The van der Waals surface area contributed by atoms with E-state index in [4.69, 9.17) is 4.74 Å². The lowest BCUT2D eigenvalue weighted by Crippen LogP contribution is -2.35. The second-order valence-corrected chi connectivity index (χ2v) is 6.92. The minimum atomic E-state index is -0.582. The van der Waals surface area contributed by atoms with E-state index in [1.165, 1.54) is 0 Å². The van der Waals surface area contributed by atoms with Crippen LogP contribution in [0.5, 0.6) is 5.75 Å². The van der Waals surface area contributed by atoms with Crippen LogP contribution < -0.4 is 10.1 Å². The average molecular weight is 386 g/mol. The molecule has 6 heteroatoms. The first-order valence-corrected chi connectivity index (χ1v) is 9.48. The molecule has 0 bridgehead atoms. The van der Waals surface area contributed by atoms with Gasteiger partial charge in [0.2, 0.25) is 0 Å². The number of amides is 1. The van der Waals surface area contributed by atoms with Crippen LogP contribution in [-0.4, -0.2) is 26.5 Å². The molecule has 4 aromatic rings. The maximum absolute atomic E-state index is 12.3. The molecule has 0 aliphatic carbocycles. The van der Waals surface area contributed by atoms with Gasteiger partial charge >= 0.3 is 0 Å². The molecule has 0 spiro atoms. The number of aryl methyl sites for hydroxylation is 1. The van der Waals surface area contributed by atoms with Crippen LogP contribution in [-0.2, 0) is 11.3 Å². The molecule has 6 nitrogen and oxygen atoms in total. The highest BCUT2D eigenvalue weighted by molar-refractivity contribution is 5.80. The molecular formula is C23H22N4O2. The van der Waals surface area contributed by atoms with Gasteiger partial charge in [-0.15, -0.1) is 0 Å². The predicted molar refractivity (Wildman–Crippen MR) is 112 cm³/mol. The van der Waals surface area contributed by atoms with Gasteiger partial charge in [0.25, 0.3) is 5.91 Å². The lowest BCUT2D eigenvalue weighted by atomic mass is 10.2. The van der Waals surface area contributed by atoms with Crippen LogP contribution in [0.3, 0.4) is 0 Å². The van der Waals surface area contributed by atoms with Crippen molar-refractivity contribution in [3.8, 4) is 11.6 Å². The quantitative estimate of drug-likeness (QED) is 0.547. The Morgan fingerprint density at radius 1 is 1.10 bits per heavy atom. The highest BCUT2D eigenvalue weighted by atomic mass is 16.5. The average Bonchev–Trinajstić information content (AvgIpc) is 3.16. The molecule has 2 aromatic carbocycles. The molecule has 1 unspecified atom stereocenters. The largest absolute Gasteiger partial charge is 0.481 e. The number of pyridine rings is 1. The van der Waals surface area contributed by atoms with E-state index in [0.29, 0.717) is 12.3 Å². The zero-order chi connectivity index (χ0) is 20.2. The normalized spacial score (nSPS) is 11.9. The number of carbonyl (C=O) groups excluding carboxylic acids is 1. The second-order valence-electron chi connectivity index (χ2n) is 6.92. The number of rotatable bonds is 6. The molecule has 2 heterocycles. The fourth-order valence-corrected chi connectivity index (χ4v) is 3.08. The van der Waals surface area contributed by atoms with Gasteiger partial charge in [-0.3, -0.25) is 9.36 Å². The second kappa shape index (κ2) is 8.14. The fourth-order valence-electron chi connectivity index (χ4n) is 3.08. The summed E-state index contributed by atoms with van der Waals surface area (Å²) in [6.07, 6.45) is 2.94. The number of hydrogen-bond acceptors (Lipinski definition) is 4. The summed E-state index contributed by atoms with van der Waals surface area (Å²) in [6.45, 7) is 4.11. The van der Waals surface area contributed by atoms with E-state index in [1.54, 1.807) is 19.4 Å². The summed E-state index contributed by atoms with van der Waals surface area (Å²) in [5.74, 6) is 1.30. The monoisotopic (exact) mass is 386 g/mol. The first-order chi connectivity index (χ1) is 14.1. The van der Waals surface area contributed by atoms with Crippen molar-refractivity contribution in [1.82, 2.24) is 19.9 Å². The first kappa shape index (κ1) is 18.7. The Kier molecular flexibility index (Phi) is 5.24. The van der Waals surface area contributed by atoms with Crippen molar-refractivity contribution in [1.29, 1.82) is 0 Å². The maximum Gasteiger partial charge on any atom is 0.261 e. The smallest absolute Gasteiger partial charge is 0.261 e. The fraction of sp³-hybridized carbons (Fsp3) is 0.174. The van der Waals surface area contributed by atoms with E-state index in [9.17, 15) is 4.79 Å².